The largest absolute Gasteiger partial charge is 0.338 e. The lowest BCUT2D eigenvalue weighted by atomic mass is 10.00. The third-order valence-electron chi connectivity index (χ3n) is 6.52. The number of benzene rings is 2. The summed E-state index contributed by atoms with van der Waals surface area (Å²) in [7, 11) is 0. The lowest BCUT2D eigenvalue weighted by Crippen LogP contribution is -2.39. The Morgan fingerprint density at radius 3 is 2.76 bits per heavy atom. The molecule has 0 unspecified atom stereocenters. The maximum Gasteiger partial charge on any atom is 0.276 e. The Balaban J connectivity index is 1.22. The van der Waals surface area contributed by atoms with Crippen LogP contribution in [0.4, 0.5) is 4.39 Å². The van der Waals surface area contributed by atoms with Gasteiger partial charge < -0.3 is 9.80 Å². The van der Waals surface area contributed by atoms with Crippen LogP contribution in [0.2, 0.25) is 0 Å². The molecule has 3 heterocycles. The second-order valence-corrected chi connectivity index (χ2v) is 8.76. The number of halogens is 1. The Kier molecular flexibility index (Phi) is 5.90. The van der Waals surface area contributed by atoms with E-state index in [-0.39, 0.29) is 30.1 Å². The van der Waals surface area contributed by atoms with E-state index in [0.29, 0.717) is 37.4 Å². The first-order chi connectivity index (χ1) is 16.1. The molecule has 33 heavy (non-hydrogen) atoms. The molecule has 0 spiro atoms. The minimum Gasteiger partial charge on any atom is -0.338 e. The molecule has 1 saturated heterocycles. The van der Waals surface area contributed by atoms with E-state index >= 15 is 0 Å². The molecule has 0 bridgehead atoms. The summed E-state index contributed by atoms with van der Waals surface area (Å²) in [6, 6.07) is 14.3. The molecule has 1 atom stereocenters. The van der Waals surface area contributed by atoms with Crippen molar-refractivity contribution in [2.45, 2.75) is 44.8 Å². The molecular weight excluding hydrogens is 421 g/mol. The summed E-state index contributed by atoms with van der Waals surface area (Å²) in [4.78, 5) is 29.5. The van der Waals surface area contributed by atoms with Gasteiger partial charge in [0.15, 0.2) is 5.69 Å². The number of hydrogen-bond donors (Lipinski definition) is 0. The molecule has 170 valence electrons. The zero-order valence-electron chi connectivity index (χ0n) is 18.4. The normalized spacial score (nSPS) is 17.8. The minimum atomic E-state index is -0.338. The number of carbonyl (C=O) groups is 2. The predicted octanol–water partition coefficient (Wildman–Crippen LogP) is 2.85. The van der Waals surface area contributed by atoms with Crippen LogP contribution in [0.25, 0.3) is 0 Å². The third-order valence-corrected chi connectivity index (χ3v) is 6.52. The Hall–Kier alpha value is -3.55. The van der Waals surface area contributed by atoms with Crippen molar-refractivity contribution in [2.75, 3.05) is 13.1 Å². The van der Waals surface area contributed by atoms with Crippen LogP contribution in [0.5, 0.6) is 0 Å². The van der Waals surface area contributed by atoms with Crippen molar-refractivity contribution >= 4 is 11.8 Å². The van der Waals surface area contributed by atoms with Crippen molar-refractivity contribution < 1.29 is 14.0 Å². The third kappa shape index (κ3) is 4.65. The van der Waals surface area contributed by atoms with Crippen molar-refractivity contribution in [3.63, 3.8) is 0 Å². The Bertz CT molecular complexity index is 1180. The summed E-state index contributed by atoms with van der Waals surface area (Å²) >= 11 is 0. The number of nitrogens with zero attached hydrogens (tertiary/aromatic N) is 5. The lowest BCUT2D eigenvalue weighted by molar-refractivity contribution is -0.131. The highest BCUT2D eigenvalue weighted by Gasteiger charge is 2.30. The standard InChI is InChI=1S/C25H26FN5O2/c26-21-8-3-5-18(13-21)14-24(32)31-11-4-9-22(31)16-30-17-23(27-28-30)25(33)29-12-10-19-6-1-2-7-20(19)15-29/h1-3,5-8,13,17,22H,4,9-12,14-16H2/t22-/m0/s1. The van der Waals surface area contributed by atoms with Gasteiger partial charge in [-0.05, 0) is 48.1 Å². The van der Waals surface area contributed by atoms with Crippen LogP contribution in [0.15, 0.2) is 54.7 Å². The Morgan fingerprint density at radius 1 is 1.06 bits per heavy atom. The van der Waals surface area contributed by atoms with E-state index in [1.54, 1.807) is 27.9 Å². The van der Waals surface area contributed by atoms with Gasteiger partial charge in [-0.2, -0.15) is 0 Å². The fraction of sp³-hybridized carbons (Fsp3) is 0.360. The van der Waals surface area contributed by atoms with E-state index in [9.17, 15) is 14.0 Å². The van der Waals surface area contributed by atoms with Gasteiger partial charge in [0.1, 0.15) is 5.82 Å². The highest BCUT2D eigenvalue weighted by Crippen LogP contribution is 2.22. The van der Waals surface area contributed by atoms with Crippen molar-refractivity contribution in [3.8, 4) is 0 Å². The SMILES string of the molecule is O=C(c1cn(C[C@@H]2CCCN2C(=O)Cc2cccc(F)c2)nn1)N1CCc2ccccc2C1. The molecule has 1 aromatic heterocycles. The fourth-order valence-electron chi connectivity index (χ4n) is 4.81. The first-order valence-corrected chi connectivity index (χ1v) is 11.4. The maximum atomic E-state index is 13.5. The molecular formula is C25H26FN5O2. The topological polar surface area (TPSA) is 71.3 Å². The number of aromatic nitrogens is 3. The molecule has 0 radical (unpaired) electrons. The molecule has 0 aliphatic carbocycles. The summed E-state index contributed by atoms with van der Waals surface area (Å²) in [6.45, 7) is 2.39. The van der Waals surface area contributed by atoms with E-state index in [4.69, 9.17) is 0 Å². The summed E-state index contributed by atoms with van der Waals surface area (Å²) in [5, 5.41) is 8.27. The van der Waals surface area contributed by atoms with Crippen LogP contribution in [0, 0.1) is 5.82 Å². The molecule has 8 heteroatoms. The van der Waals surface area contributed by atoms with E-state index in [2.05, 4.69) is 22.4 Å². The van der Waals surface area contributed by atoms with Gasteiger partial charge in [-0.25, -0.2) is 9.07 Å². The average Bonchev–Trinajstić information content (AvgIpc) is 3.48. The zero-order valence-corrected chi connectivity index (χ0v) is 18.4. The molecule has 2 aliphatic heterocycles. The number of carbonyl (C=O) groups excluding carboxylic acids is 2. The smallest absolute Gasteiger partial charge is 0.276 e. The molecule has 2 amide bonds. The fourth-order valence-corrected chi connectivity index (χ4v) is 4.81. The number of amides is 2. The quantitative estimate of drug-likeness (QED) is 0.603. The minimum absolute atomic E-state index is 0.0161. The molecule has 7 nitrogen and oxygen atoms in total. The number of hydrogen-bond acceptors (Lipinski definition) is 4. The van der Waals surface area contributed by atoms with E-state index in [1.165, 1.54) is 23.3 Å². The average molecular weight is 448 g/mol. The van der Waals surface area contributed by atoms with E-state index in [1.807, 2.05) is 17.0 Å². The van der Waals surface area contributed by atoms with E-state index < -0.39 is 0 Å². The molecule has 2 aromatic carbocycles. The van der Waals surface area contributed by atoms with Crippen LogP contribution in [0.1, 0.15) is 40.0 Å². The van der Waals surface area contributed by atoms with Gasteiger partial charge in [-0.15, -0.1) is 5.10 Å². The first kappa shape index (κ1) is 21.3. The van der Waals surface area contributed by atoms with Gasteiger partial charge in [0.2, 0.25) is 5.91 Å². The second kappa shape index (κ2) is 9.13. The molecule has 1 fully saturated rings. The molecule has 0 saturated carbocycles. The van der Waals surface area contributed by atoms with Crippen LogP contribution in [0.3, 0.4) is 0 Å². The number of rotatable bonds is 5. The summed E-state index contributed by atoms with van der Waals surface area (Å²) in [5.74, 6) is -0.483. The molecule has 5 rings (SSSR count). The van der Waals surface area contributed by atoms with Gasteiger partial charge in [0, 0.05) is 19.6 Å². The first-order valence-electron chi connectivity index (χ1n) is 11.4. The predicted molar refractivity (Wildman–Crippen MR) is 120 cm³/mol. The van der Waals surface area contributed by atoms with Crippen molar-refractivity contribution in [3.05, 3.63) is 82.9 Å². The summed E-state index contributed by atoms with van der Waals surface area (Å²) < 4.78 is 15.1. The Labute approximate surface area is 191 Å². The molecule has 2 aliphatic rings. The monoisotopic (exact) mass is 447 g/mol. The zero-order chi connectivity index (χ0) is 22.8. The highest BCUT2D eigenvalue weighted by atomic mass is 19.1. The summed E-state index contributed by atoms with van der Waals surface area (Å²) in [5.41, 5.74) is 3.45. The van der Waals surface area contributed by atoms with E-state index in [0.717, 1.165) is 19.3 Å². The number of likely N-dealkylation sites (tertiary alicyclic amines) is 1. The lowest BCUT2D eigenvalue weighted by Gasteiger charge is -2.28. The van der Waals surface area contributed by atoms with Gasteiger partial charge in [-0.3, -0.25) is 9.59 Å². The van der Waals surface area contributed by atoms with Crippen molar-refractivity contribution in [1.29, 1.82) is 0 Å². The summed E-state index contributed by atoms with van der Waals surface area (Å²) in [6.07, 6.45) is 4.46. The van der Waals surface area contributed by atoms with Gasteiger partial charge in [0.05, 0.1) is 25.2 Å². The van der Waals surface area contributed by atoms with Crippen LogP contribution >= 0.6 is 0 Å². The van der Waals surface area contributed by atoms with Crippen LogP contribution in [-0.2, 0) is 30.7 Å². The Morgan fingerprint density at radius 2 is 1.91 bits per heavy atom. The van der Waals surface area contributed by atoms with Gasteiger partial charge in [-0.1, -0.05) is 41.6 Å². The van der Waals surface area contributed by atoms with Gasteiger partial charge >= 0.3 is 0 Å². The number of fused-ring (bicyclic) bond motifs is 1. The van der Waals surface area contributed by atoms with Crippen molar-refractivity contribution in [2.24, 2.45) is 0 Å². The van der Waals surface area contributed by atoms with Crippen LogP contribution in [-0.4, -0.2) is 55.7 Å². The molecule has 0 N–H and O–H groups in total. The molecule has 3 aromatic rings. The van der Waals surface area contributed by atoms with Crippen molar-refractivity contribution in [1.82, 2.24) is 24.8 Å². The maximum absolute atomic E-state index is 13.5. The van der Waals surface area contributed by atoms with Gasteiger partial charge in [0.25, 0.3) is 5.91 Å². The highest BCUT2D eigenvalue weighted by molar-refractivity contribution is 5.92. The van der Waals surface area contributed by atoms with Crippen LogP contribution < -0.4 is 0 Å². The second-order valence-electron chi connectivity index (χ2n) is 8.76.